The summed E-state index contributed by atoms with van der Waals surface area (Å²) in [4.78, 5) is 67.8. The van der Waals surface area contributed by atoms with Gasteiger partial charge in [-0.2, -0.15) is 0 Å². The van der Waals surface area contributed by atoms with Crippen molar-refractivity contribution in [2.24, 2.45) is 0 Å². The second kappa shape index (κ2) is 18.4. The van der Waals surface area contributed by atoms with Crippen LogP contribution in [-0.4, -0.2) is 23.6 Å². The summed E-state index contributed by atoms with van der Waals surface area (Å²) < 4.78 is 0. The number of amides is 4. The topological polar surface area (TPSA) is 81.2 Å². The molecule has 0 saturated carbocycles. The minimum absolute atomic E-state index is 0.393. The maximum absolute atomic E-state index is 15.4. The summed E-state index contributed by atoms with van der Waals surface area (Å²) in [5.41, 5.74) is 11.5. The van der Waals surface area contributed by atoms with Crippen LogP contribution in [0.3, 0.4) is 0 Å². The van der Waals surface area contributed by atoms with Gasteiger partial charge in [-0.3, -0.25) is 19.2 Å². The van der Waals surface area contributed by atoms with E-state index < -0.39 is 23.6 Å². The molecule has 4 amide bonds. The van der Waals surface area contributed by atoms with Gasteiger partial charge in [-0.25, -0.2) is 9.80 Å². The lowest BCUT2D eigenvalue weighted by Crippen LogP contribution is -2.40. The molecule has 80 heavy (non-hydrogen) atoms. The van der Waals surface area contributed by atoms with Crippen LogP contribution in [0.1, 0.15) is 41.4 Å². The molecule has 0 radical (unpaired) electrons. The summed E-state index contributed by atoms with van der Waals surface area (Å²) in [5.74, 6) is -1.70. The van der Waals surface area contributed by atoms with Crippen LogP contribution >= 0.6 is 0 Å². The Balaban J connectivity index is 1.03. The second-order valence-corrected chi connectivity index (χ2v) is 20.2. The molecule has 2 aliphatic rings. The molecule has 0 saturated heterocycles. The Morgan fingerprint density at radius 3 is 0.812 bits per heavy atom. The van der Waals surface area contributed by atoms with E-state index in [9.17, 15) is 0 Å². The Labute approximate surface area is 460 Å². The van der Waals surface area contributed by atoms with Gasteiger partial charge in [0, 0.05) is 67.2 Å². The molecular formula is C72H44N4O4. The fraction of sp³-hybridized carbons (Fsp3) is 0. The number of imide groups is 2. The SMILES string of the molecule is O=C1c2ccc3c4c(-c5ccc(N(c6ccccc6)c6ccccc6)cc5)cc5c6c(ccc(c7c(-c8ccc(N(c9ccccc9)c9ccccc9)cc8)cc(c2c37)C(=O)N1c1ccccc1)c64)C(=O)N(c1ccccc1)C5=O. The molecular weight excluding hydrogens is 985 g/mol. The van der Waals surface area contributed by atoms with Gasteiger partial charge < -0.3 is 9.80 Å². The van der Waals surface area contributed by atoms with E-state index in [0.29, 0.717) is 44.4 Å². The summed E-state index contributed by atoms with van der Waals surface area (Å²) in [6, 6.07) is 87.3. The first-order valence-corrected chi connectivity index (χ1v) is 26.6. The molecule has 0 bridgehead atoms. The number of anilines is 8. The van der Waals surface area contributed by atoms with Crippen molar-refractivity contribution in [1.82, 2.24) is 0 Å². The van der Waals surface area contributed by atoms with Crippen molar-refractivity contribution in [3.8, 4) is 22.3 Å². The molecule has 15 rings (SSSR count). The maximum atomic E-state index is 15.4. The van der Waals surface area contributed by atoms with Gasteiger partial charge in [0.25, 0.3) is 23.6 Å². The first kappa shape index (κ1) is 46.4. The van der Waals surface area contributed by atoms with E-state index in [1.54, 1.807) is 24.3 Å². The van der Waals surface area contributed by atoms with Gasteiger partial charge in [0.2, 0.25) is 0 Å². The third-order valence-electron chi connectivity index (χ3n) is 15.8. The summed E-state index contributed by atoms with van der Waals surface area (Å²) >= 11 is 0. The number of carbonyl (C=O) groups is 4. The lowest BCUT2D eigenvalue weighted by molar-refractivity contribution is 0.0877. The van der Waals surface area contributed by atoms with Gasteiger partial charge in [-0.05, 0) is 176 Å². The van der Waals surface area contributed by atoms with Crippen LogP contribution in [0.5, 0.6) is 0 Å². The molecule has 13 aromatic carbocycles. The minimum Gasteiger partial charge on any atom is -0.311 e. The highest BCUT2D eigenvalue weighted by Gasteiger charge is 2.40. The first-order valence-electron chi connectivity index (χ1n) is 26.6. The predicted octanol–water partition coefficient (Wildman–Crippen LogP) is 17.6. The molecule has 13 aromatic rings. The molecule has 2 heterocycles. The van der Waals surface area contributed by atoms with Gasteiger partial charge in [0.15, 0.2) is 0 Å². The van der Waals surface area contributed by atoms with Crippen molar-refractivity contribution in [2.45, 2.75) is 0 Å². The molecule has 376 valence electrons. The van der Waals surface area contributed by atoms with Crippen LogP contribution in [0.25, 0.3) is 65.3 Å². The van der Waals surface area contributed by atoms with Crippen LogP contribution in [0.15, 0.2) is 267 Å². The number of nitrogens with zero attached hydrogens (tertiary/aromatic N) is 4. The van der Waals surface area contributed by atoms with E-state index in [2.05, 4.69) is 107 Å². The van der Waals surface area contributed by atoms with Crippen molar-refractivity contribution in [1.29, 1.82) is 0 Å². The highest BCUT2D eigenvalue weighted by Crippen LogP contribution is 2.53. The average molecular weight is 1030 g/mol. The molecule has 0 fully saturated rings. The Hall–Kier alpha value is -11.0. The van der Waals surface area contributed by atoms with E-state index in [0.717, 1.165) is 88.7 Å². The fourth-order valence-corrected chi connectivity index (χ4v) is 12.3. The average Bonchev–Trinajstić information content (AvgIpc) is 3.59. The molecule has 2 aliphatic heterocycles. The highest BCUT2D eigenvalue weighted by atomic mass is 16.2. The number of rotatable bonds is 10. The van der Waals surface area contributed by atoms with Crippen molar-refractivity contribution in [3.05, 3.63) is 289 Å². The van der Waals surface area contributed by atoms with Crippen LogP contribution in [0.4, 0.5) is 45.5 Å². The van der Waals surface area contributed by atoms with E-state index in [-0.39, 0.29) is 0 Å². The summed E-state index contributed by atoms with van der Waals surface area (Å²) in [5, 5.41) is 5.77. The molecule has 8 nitrogen and oxygen atoms in total. The van der Waals surface area contributed by atoms with Gasteiger partial charge in [-0.1, -0.05) is 146 Å². The monoisotopic (exact) mass is 1030 g/mol. The number of hydrogen-bond acceptors (Lipinski definition) is 6. The maximum Gasteiger partial charge on any atom is 0.266 e. The van der Waals surface area contributed by atoms with Gasteiger partial charge in [-0.15, -0.1) is 0 Å². The van der Waals surface area contributed by atoms with Crippen molar-refractivity contribution in [2.75, 3.05) is 19.6 Å². The summed E-state index contributed by atoms with van der Waals surface area (Å²) in [6.45, 7) is 0. The zero-order valence-corrected chi connectivity index (χ0v) is 42.8. The molecule has 0 spiro atoms. The van der Waals surface area contributed by atoms with E-state index in [1.807, 2.05) is 146 Å². The Bertz CT molecular complexity index is 4260. The zero-order valence-electron chi connectivity index (χ0n) is 42.8. The minimum atomic E-state index is -0.431. The Morgan fingerprint density at radius 1 is 0.225 bits per heavy atom. The lowest BCUT2D eigenvalue weighted by atomic mass is 9.77. The summed E-state index contributed by atoms with van der Waals surface area (Å²) in [6.07, 6.45) is 0. The van der Waals surface area contributed by atoms with E-state index in [4.69, 9.17) is 0 Å². The smallest absolute Gasteiger partial charge is 0.266 e. The van der Waals surface area contributed by atoms with Crippen molar-refractivity contribution < 1.29 is 19.2 Å². The fourth-order valence-electron chi connectivity index (χ4n) is 12.3. The number of carbonyl (C=O) groups excluding carboxylic acids is 4. The Morgan fingerprint density at radius 2 is 0.500 bits per heavy atom. The highest BCUT2D eigenvalue weighted by molar-refractivity contribution is 6.47. The zero-order chi connectivity index (χ0) is 53.6. The molecule has 0 aromatic heterocycles. The van der Waals surface area contributed by atoms with E-state index >= 15 is 19.2 Å². The largest absolute Gasteiger partial charge is 0.311 e. The van der Waals surface area contributed by atoms with E-state index in [1.165, 1.54) is 9.80 Å². The molecule has 8 heteroatoms. The Kier molecular flexibility index (Phi) is 10.6. The van der Waals surface area contributed by atoms with Crippen LogP contribution in [0, 0.1) is 0 Å². The summed E-state index contributed by atoms with van der Waals surface area (Å²) in [7, 11) is 0. The number of fused-ring (bicyclic) bond motifs is 2. The van der Waals surface area contributed by atoms with Crippen LogP contribution in [0.2, 0.25) is 0 Å². The molecule has 0 aliphatic carbocycles. The van der Waals surface area contributed by atoms with Gasteiger partial charge in [0.05, 0.1) is 11.4 Å². The quantitative estimate of drug-likeness (QED) is 0.0771. The second-order valence-electron chi connectivity index (χ2n) is 20.2. The van der Waals surface area contributed by atoms with Gasteiger partial charge >= 0.3 is 0 Å². The third kappa shape index (κ3) is 7.09. The lowest BCUT2D eigenvalue weighted by Gasteiger charge is -2.32. The first-order chi connectivity index (χ1) is 39.4. The third-order valence-corrected chi connectivity index (χ3v) is 15.8. The standard InChI is InChI=1S/C72H44N4O4/c77-69-57-42-40-56-64-60(46-33-37-54(38-34-46)74(49-23-11-3-12-24-49)50-25-13-4-14-26-50)44-62-66-58(70(78)76(72(62)80)52-29-17-6-18-30-52)41-39-55(68(64)66)63-59(43-61(65(57)67(56)63)71(79)75(69)51-27-15-5-16-28-51)45-31-35-53(36-32-45)73(47-19-7-1-8-20-47)48-21-9-2-10-22-48/h1-44H. The van der Waals surface area contributed by atoms with Crippen LogP contribution < -0.4 is 19.6 Å². The number of hydrogen-bond donors (Lipinski definition) is 0. The number of para-hydroxylation sites is 6. The molecule has 0 unspecified atom stereocenters. The van der Waals surface area contributed by atoms with Crippen molar-refractivity contribution >= 4 is 112 Å². The molecule has 0 atom stereocenters. The molecule has 0 N–H and O–H groups in total. The van der Waals surface area contributed by atoms with Crippen LogP contribution in [-0.2, 0) is 0 Å². The normalized spacial score (nSPS) is 13.1. The van der Waals surface area contributed by atoms with Crippen molar-refractivity contribution in [3.63, 3.8) is 0 Å². The van der Waals surface area contributed by atoms with Gasteiger partial charge in [0.1, 0.15) is 0 Å². The number of benzene rings is 13. The predicted molar refractivity (Wildman–Crippen MR) is 323 cm³/mol.